The van der Waals surface area contributed by atoms with E-state index in [1.54, 1.807) is 12.1 Å². The van der Waals surface area contributed by atoms with E-state index in [4.69, 9.17) is 0 Å². The van der Waals surface area contributed by atoms with Crippen LogP contribution in [0.4, 0.5) is 13.2 Å². The molecule has 0 bridgehead atoms. The SMILES string of the molecule is CCNC(C)c1ccc(F)c(-c2cc(F)ccc2F)c1. The van der Waals surface area contributed by atoms with Crippen LogP contribution in [0, 0.1) is 17.5 Å². The molecule has 2 aromatic rings. The van der Waals surface area contributed by atoms with Crippen LogP contribution in [-0.4, -0.2) is 6.54 Å². The number of halogens is 3. The van der Waals surface area contributed by atoms with E-state index in [9.17, 15) is 13.2 Å². The summed E-state index contributed by atoms with van der Waals surface area (Å²) in [6.45, 7) is 4.66. The average Bonchev–Trinajstić information content (AvgIpc) is 2.42. The second-order valence-electron chi connectivity index (χ2n) is 4.64. The van der Waals surface area contributed by atoms with Crippen molar-refractivity contribution in [2.45, 2.75) is 19.9 Å². The van der Waals surface area contributed by atoms with E-state index in [0.29, 0.717) is 0 Å². The van der Waals surface area contributed by atoms with Crippen LogP contribution in [0.2, 0.25) is 0 Å². The van der Waals surface area contributed by atoms with Gasteiger partial charge in [-0.1, -0.05) is 13.0 Å². The Morgan fingerprint density at radius 2 is 1.55 bits per heavy atom. The molecule has 106 valence electrons. The fourth-order valence-corrected chi connectivity index (χ4v) is 2.15. The van der Waals surface area contributed by atoms with E-state index in [0.717, 1.165) is 30.3 Å². The van der Waals surface area contributed by atoms with Gasteiger partial charge in [-0.2, -0.15) is 0 Å². The molecule has 0 heterocycles. The Balaban J connectivity index is 2.50. The summed E-state index contributed by atoms with van der Waals surface area (Å²) in [6.07, 6.45) is 0. The fourth-order valence-electron chi connectivity index (χ4n) is 2.15. The second-order valence-corrected chi connectivity index (χ2v) is 4.64. The summed E-state index contributed by atoms with van der Waals surface area (Å²) in [7, 11) is 0. The van der Waals surface area contributed by atoms with Crippen molar-refractivity contribution in [3.8, 4) is 11.1 Å². The molecule has 0 amide bonds. The van der Waals surface area contributed by atoms with Crippen LogP contribution < -0.4 is 5.32 Å². The fraction of sp³-hybridized carbons (Fsp3) is 0.250. The molecule has 0 fully saturated rings. The Morgan fingerprint density at radius 3 is 2.20 bits per heavy atom. The third kappa shape index (κ3) is 3.02. The molecular weight excluding hydrogens is 263 g/mol. The van der Waals surface area contributed by atoms with Gasteiger partial charge in [0.15, 0.2) is 0 Å². The molecule has 20 heavy (non-hydrogen) atoms. The Morgan fingerprint density at radius 1 is 0.950 bits per heavy atom. The third-order valence-corrected chi connectivity index (χ3v) is 3.22. The summed E-state index contributed by atoms with van der Waals surface area (Å²) in [4.78, 5) is 0. The van der Waals surface area contributed by atoms with Gasteiger partial charge in [-0.15, -0.1) is 0 Å². The van der Waals surface area contributed by atoms with Crippen LogP contribution in [-0.2, 0) is 0 Å². The minimum absolute atomic E-state index is 0.0102. The van der Waals surface area contributed by atoms with Gasteiger partial charge < -0.3 is 5.32 Å². The lowest BCUT2D eigenvalue weighted by Crippen LogP contribution is -2.17. The standard InChI is InChI=1S/C16H16F3N/c1-3-20-10(2)11-4-6-15(18)13(8-11)14-9-12(17)5-7-16(14)19/h4-10,20H,3H2,1-2H3. The largest absolute Gasteiger partial charge is 0.310 e. The molecule has 0 radical (unpaired) electrons. The Bertz CT molecular complexity index is 611. The monoisotopic (exact) mass is 279 g/mol. The van der Waals surface area contributed by atoms with Crippen molar-refractivity contribution in [3.05, 3.63) is 59.4 Å². The summed E-state index contributed by atoms with van der Waals surface area (Å²) >= 11 is 0. The molecule has 1 atom stereocenters. The Hall–Kier alpha value is -1.81. The van der Waals surface area contributed by atoms with E-state index in [1.165, 1.54) is 6.07 Å². The summed E-state index contributed by atoms with van der Waals surface area (Å²) in [5.41, 5.74) is 0.837. The molecule has 0 aliphatic heterocycles. The normalized spacial score (nSPS) is 12.4. The Labute approximate surface area is 116 Å². The van der Waals surface area contributed by atoms with Gasteiger partial charge in [0.1, 0.15) is 17.5 Å². The molecule has 0 saturated carbocycles. The molecule has 4 heteroatoms. The van der Waals surface area contributed by atoms with Crippen LogP contribution in [0.1, 0.15) is 25.5 Å². The molecule has 2 aromatic carbocycles. The van der Waals surface area contributed by atoms with Crippen molar-refractivity contribution < 1.29 is 13.2 Å². The van der Waals surface area contributed by atoms with Gasteiger partial charge in [0, 0.05) is 17.2 Å². The lowest BCUT2D eigenvalue weighted by molar-refractivity contribution is 0.588. The van der Waals surface area contributed by atoms with Crippen LogP contribution in [0.15, 0.2) is 36.4 Å². The molecule has 0 aliphatic rings. The van der Waals surface area contributed by atoms with Crippen molar-refractivity contribution in [2.24, 2.45) is 0 Å². The maximum atomic E-state index is 13.9. The van der Waals surface area contributed by atoms with Gasteiger partial charge in [0.25, 0.3) is 0 Å². The van der Waals surface area contributed by atoms with E-state index in [2.05, 4.69) is 5.32 Å². The highest BCUT2D eigenvalue weighted by atomic mass is 19.1. The van der Waals surface area contributed by atoms with Crippen LogP contribution in [0.5, 0.6) is 0 Å². The lowest BCUT2D eigenvalue weighted by Gasteiger charge is -2.15. The van der Waals surface area contributed by atoms with Gasteiger partial charge in [-0.05, 0) is 49.4 Å². The summed E-state index contributed by atoms with van der Waals surface area (Å²) < 4.78 is 40.9. The smallest absolute Gasteiger partial charge is 0.131 e. The molecule has 0 saturated heterocycles. The predicted molar refractivity (Wildman–Crippen MR) is 73.8 cm³/mol. The molecule has 0 spiro atoms. The first-order chi connectivity index (χ1) is 9.52. The molecule has 1 N–H and O–H groups in total. The minimum atomic E-state index is -0.640. The maximum Gasteiger partial charge on any atom is 0.131 e. The topological polar surface area (TPSA) is 12.0 Å². The highest BCUT2D eigenvalue weighted by Gasteiger charge is 2.14. The zero-order valence-corrected chi connectivity index (χ0v) is 11.4. The number of hydrogen-bond donors (Lipinski definition) is 1. The summed E-state index contributed by atoms with van der Waals surface area (Å²) in [5.74, 6) is -1.80. The van der Waals surface area contributed by atoms with Crippen LogP contribution >= 0.6 is 0 Å². The number of nitrogens with one attached hydrogen (secondary N) is 1. The zero-order chi connectivity index (χ0) is 14.7. The molecule has 1 unspecified atom stereocenters. The molecule has 2 rings (SSSR count). The van der Waals surface area contributed by atoms with E-state index in [-0.39, 0.29) is 17.2 Å². The van der Waals surface area contributed by atoms with Crippen LogP contribution in [0.25, 0.3) is 11.1 Å². The van der Waals surface area contributed by atoms with Gasteiger partial charge in [-0.25, -0.2) is 13.2 Å². The first-order valence-electron chi connectivity index (χ1n) is 6.51. The van der Waals surface area contributed by atoms with Gasteiger partial charge in [-0.3, -0.25) is 0 Å². The minimum Gasteiger partial charge on any atom is -0.310 e. The van der Waals surface area contributed by atoms with E-state index >= 15 is 0 Å². The van der Waals surface area contributed by atoms with E-state index in [1.807, 2.05) is 13.8 Å². The van der Waals surface area contributed by atoms with Crippen molar-refractivity contribution in [2.75, 3.05) is 6.54 Å². The number of benzene rings is 2. The third-order valence-electron chi connectivity index (χ3n) is 3.22. The first-order valence-corrected chi connectivity index (χ1v) is 6.51. The average molecular weight is 279 g/mol. The van der Waals surface area contributed by atoms with Gasteiger partial charge in [0.2, 0.25) is 0 Å². The summed E-state index contributed by atoms with van der Waals surface area (Å²) in [6, 6.07) is 7.52. The lowest BCUT2D eigenvalue weighted by atomic mass is 9.99. The van der Waals surface area contributed by atoms with Gasteiger partial charge in [0.05, 0.1) is 0 Å². The Kier molecular flexibility index (Phi) is 4.45. The molecule has 0 aliphatic carbocycles. The quantitative estimate of drug-likeness (QED) is 0.872. The highest BCUT2D eigenvalue weighted by Crippen LogP contribution is 2.29. The van der Waals surface area contributed by atoms with Crippen molar-refractivity contribution in [1.82, 2.24) is 5.32 Å². The highest BCUT2D eigenvalue weighted by molar-refractivity contribution is 5.66. The predicted octanol–water partition coefficient (Wildman–Crippen LogP) is 4.44. The number of rotatable bonds is 4. The number of hydrogen-bond acceptors (Lipinski definition) is 1. The van der Waals surface area contributed by atoms with E-state index < -0.39 is 17.5 Å². The zero-order valence-electron chi connectivity index (χ0n) is 11.4. The van der Waals surface area contributed by atoms with Crippen molar-refractivity contribution in [1.29, 1.82) is 0 Å². The van der Waals surface area contributed by atoms with Crippen molar-refractivity contribution in [3.63, 3.8) is 0 Å². The second kappa shape index (κ2) is 6.09. The van der Waals surface area contributed by atoms with Gasteiger partial charge >= 0.3 is 0 Å². The van der Waals surface area contributed by atoms with Crippen LogP contribution in [0.3, 0.4) is 0 Å². The maximum absolute atomic E-state index is 13.9. The molecule has 1 nitrogen and oxygen atoms in total. The summed E-state index contributed by atoms with van der Waals surface area (Å²) in [5, 5.41) is 3.20. The molecular formula is C16H16F3N. The molecule has 0 aromatic heterocycles. The van der Waals surface area contributed by atoms with Crippen molar-refractivity contribution >= 4 is 0 Å². The first kappa shape index (κ1) is 14.6.